The maximum absolute atomic E-state index is 6.28. The molecule has 2 aromatic rings. The molecule has 0 aliphatic rings. The zero-order valence-corrected chi connectivity index (χ0v) is 14.7. The molecule has 3 nitrogen and oxygen atoms in total. The molecule has 0 amide bonds. The van der Waals surface area contributed by atoms with Crippen molar-refractivity contribution in [2.24, 2.45) is 5.73 Å². The standard InChI is InChI=1S/C16H23N3S2/c1-5-14-18-15(21-19-14)20-10-13(17)11-6-8-12(9-7-11)16(2,3)4/h6-9,13H,5,10,17H2,1-4H3. The second kappa shape index (κ2) is 6.90. The minimum absolute atomic E-state index is 0.0259. The first-order valence-electron chi connectivity index (χ1n) is 7.21. The lowest BCUT2D eigenvalue weighted by molar-refractivity contribution is 0.589. The number of benzene rings is 1. The van der Waals surface area contributed by atoms with Crippen LogP contribution >= 0.6 is 23.3 Å². The van der Waals surface area contributed by atoms with Crippen LogP contribution in [0, 0.1) is 0 Å². The third kappa shape index (κ3) is 4.53. The van der Waals surface area contributed by atoms with Gasteiger partial charge in [-0.1, -0.05) is 63.7 Å². The predicted octanol–water partition coefficient (Wildman–Crippen LogP) is 4.19. The van der Waals surface area contributed by atoms with Crippen molar-refractivity contribution < 1.29 is 0 Å². The molecule has 0 fully saturated rings. The van der Waals surface area contributed by atoms with Crippen LogP contribution in [-0.2, 0) is 11.8 Å². The molecule has 0 saturated heterocycles. The lowest BCUT2D eigenvalue weighted by Gasteiger charge is -2.20. The lowest BCUT2D eigenvalue weighted by Crippen LogP contribution is -2.15. The largest absolute Gasteiger partial charge is 0.323 e. The van der Waals surface area contributed by atoms with Crippen molar-refractivity contribution in [1.29, 1.82) is 0 Å². The van der Waals surface area contributed by atoms with Gasteiger partial charge < -0.3 is 5.73 Å². The predicted molar refractivity (Wildman–Crippen MR) is 92.1 cm³/mol. The van der Waals surface area contributed by atoms with Crippen LogP contribution in [0.3, 0.4) is 0 Å². The van der Waals surface area contributed by atoms with Gasteiger partial charge in [-0.3, -0.25) is 0 Å². The Morgan fingerprint density at radius 3 is 2.43 bits per heavy atom. The third-order valence-corrected chi connectivity index (χ3v) is 5.35. The van der Waals surface area contributed by atoms with E-state index in [1.54, 1.807) is 11.8 Å². The van der Waals surface area contributed by atoms with Crippen molar-refractivity contribution in [1.82, 2.24) is 9.36 Å². The van der Waals surface area contributed by atoms with Gasteiger partial charge in [-0.15, -0.1) is 0 Å². The Balaban J connectivity index is 1.95. The molecule has 1 atom stereocenters. The number of aryl methyl sites for hydroxylation is 1. The minimum atomic E-state index is 0.0259. The zero-order valence-electron chi connectivity index (χ0n) is 13.1. The van der Waals surface area contributed by atoms with Crippen LogP contribution in [0.25, 0.3) is 0 Å². The molecule has 1 aromatic carbocycles. The molecule has 0 bridgehead atoms. The topological polar surface area (TPSA) is 51.8 Å². The average Bonchev–Trinajstić information content (AvgIpc) is 2.92. The van der Waals surface area contributed by atoms with Gasteiger partial charge in [-0.25, -0.2) is 4.98 Å². The van der Waals surface area contributed by atoms with E-state index in [0.717, 1.165) is 22.3 Å². The van der Waals surface area contributed by atoms with E-state index in [1.165, 1.54) is 22.7 Å². The van der Waals surface area contributed by atoms with Gasteiger partial charge in [-0.05, 0) is 28.1 Å². The van der Waals surface area contributed by atoms with Gasteiger partial charge in [0.25, 0.3) is 0 Å². The summed E-state index contributed by atoms with van der Waals surface area (Å²) in [6, 6.07) is 8.67. The van der Waals surface area contributed by atoms with Crippen molar-refractivity contribution >= 4 is 23.3 Å². The number of nitrogens with two attached hydrogens (primary N) is 1. The summed E-state index contributed by atoms with van der Waals surface area (Å²) in [5.74, 6) is 1.75. The van der Waals surface area contributed by atoms with Gasteiger partial charge in [0.05, 0.1) is 0 Å². The Bertz CT molecular complexity index is 570. The Morgan fingerprint density at radius 2 is 1.90 bits per heavy atom. The highest BCUT2D eigenvalue weighted by atomic mass is 32.2. The van der Waals surface area contributed by atoms with Gasteiger partial charge in [-0.2, -0.15) is 4.37 Å². The summed E-state index contributed by atoms with van der Waals surface area (Å²) in [5, 5.41) is 0. The number of rotatable bonds is 5. The summed E-state index contributed by atoms with van der Waals surface area (Å²) in [6.45, 7) is 8.73. The molecule has 2 rings (SSSR count). The fourth-order valence-corrected chi connectivity index (χ4v) is 3.64. The summed E-state index contributed by atoms with van der Waals surface area (Å²) in [4.78, 5) is 4.46. The van der Waals surface area contributed by atoms with Crippen molar-refractivity contribution in [3.63, 3.8) is 0 Å². The fourth-order valence-electron chi connectivity index (χ4n) is 1.93. The highest BCUT2D eigenvalue weighted by Crippen LogP contribution is 2.27. The number of hydrogen-bond donors (Lipinski definition) is 1. The molecule has 0 aliphatic carbocycles. The van der Waals surface area contributed by atoms with E-state index >= 15 is 0 Å². The molecule has 0 radical (unpaired) electrons. The Kier molecular flexibility index (Phi) is 5.41. The second-order valence-corrected chi connectivity index (χ2v) is 8.14. The molecule has 0 aliphatic heterocycles. The van der Waals surface area contributed by atoms with E-state index in [9.17, 15) is 0 Å². The number of nitrogens with zero attached hydrogens (tertiary/aromatic N) is 2. The van der Waals surface area contributed by atoms with E-state index in [4.69, 9.17) is 5.73 Å². The summed E-state index contributed by atoms with van der Waals surface area (Å²) in [7, 11) is 0. The third-order valence-electron chi connectivity index (χ3n) is 3.36. The molecule has 1 aromatic heterocycles. The molecule has 0 spiro atoms. The molecule has 0 saturated carbocycles. The first kappa shape index (κ1) is 16.5. The van der Waals surface area contributed by atoms with Crippen molar-refractivity contribution in [2.45, 2.75) is 49.9 Å². The van der Waals surface area contributed by atoms with Crippen LogP contribution in [0.4, 0.5) is 0 Å². The summed E-state index contributed by atoms with van der Waals surface area (Å²) < 4.78 is 5.30. The first-order chi connectivity index (χ1) is 9.90. The summed E-state index contributed by atoms with van der Waals surface area (Å²) in [5.41, 5.74) is 8.97. The van der Waals surface area contributed by atoms with Gasteiger partial charge in [0.1, 0.15) is 5.82 Å². The van der Waals surface area contributed by atoms with Crippen LogP contribution in [0.5, 0.6) is 0 Å². The molecule has 1 unspecified atom stereocenters. The molecular weight excluding hydrogens is 298 g/mol. The van der Waals surface area contributed by atoms with Crippen LogP contribution in [0.15, 0.2) is 28.6 Å². The molecule has 5 heteroatoms. The summed E-state index contributed by atoms with van der Waals surface area (Å²) in [6.07, 6.45) is 0.886. The van der Waals surface area contributed by atoms with Crippen LogP contribution in [-0.4, -0.2) is 15.1 Å². The van der Waals surface area contributed by atoms with Gasteiger partial charge in [0.15, 0.2) is 4.34 Å². The smallest absolute Gasteiger partial charge is 0.170 e. The molecule has 21 heavy (non-hydrogen) atoms. The van der Waals surface area contributed by atoms with Crippen molar-refractivity contribution in [2.75, 3.05) is 5.75 Å². The van der Waals surface area contributed by atoms with E-state index in [1.807, 2.05) is 0 Å². The Morgan fingerprint density at radius 1 is 1.24 bits per heavy atom. The number of aromatic nitrogens is 2. The maximum Gasteiger partial charge on any atom is 0.170 e. The number of thioether (sulfide) groups is 1. The number of hydrogen-bond acceptors (Lipinski definition) is 5. The van der Waals surface area contributed by atoms with Gasteiger partial charge >= 0.3 is 0 Å². The van der Waals surface area contributed by atoms with E-state index in [2.05, 4.69) is 61.3 Å². The lowest BCUT2D eigenvalue weighted by atomic mass is 9.86. The normalized spacial score (nSPS) is 13.4. The second-order valence-electron chi connectivity index (χ2n) is 6.12. The Labute approximate surface area is 135 Å². The monoisotopic (exact) mass is 321 g/mol. The average molecular weight is 322 g/mol. The van der Waals surface area contributed by atoms with E-state index in [-0.39, 0.29) is 11.5 Å². The van der Waals surface area contributed by atoms with Gasteiger partial charge in [0, 0.05) is 18.2 Å². The molecule has 1 heterocycles. The van der Waals surface area contributed by atoms with Crippen molar-refractivity contribution in [3.05, 3.63) is 41.2 Å². The zero-order chi connectivity index (χ0) is 15.5. The SMILES string of the molecule is CCc1nsc(SCC(N)c2ccc(C(C)(C)C)cc2)n1. The van der Waals surface area contributed by atoms with Crippen LogP contribution in [0.1, 0.15) is 50.7 Å². The fraction of sp³-hybridized carbons (Fsp3) is 0.500. The molecule has 2 N–H and O–H groups in total. The minimum Gasteiger partial charge on any atom is -0.323 e. The van der Waals surface area contributed by atoms with E-state index in [0.29, 0.717) is 0 Å². The molecule has 114 valence electrons. The highest BCUT2D eigenvalue weighted by molar-refractivity contribution is 8.00. The highest BCUT2D eigenvalue weighted by Gasteiger charge is 2.14. The van der Waals surface area contributed by atoms with Gasteiger partial charge in [0.2, 0.25) is 0 Å². The summed E-state index contributed by atoms with van der Waals surface area (Å²) >= 11 is 3.15. The Hall–Kier alpha value is -0.910. The molecular formula is C16H23N3S2. The van der Waals surface area contributed by atoms with Crippen LogP contribution < -0.4 is 5.73 Å². The van der Waals surface area contributed by atoms with E-state index < -0.39 is 0 Å². The van der Waals surface area contributed by atoms with Crippen LogP contribution in [0.2, 0.25) is 0 Å². The first-order valence-corrected chi connectivity index (χ1v) is 8.97. The maximum atomic E-state index is 6.28. The van der Waals surface area contributed by atoms with Crippen molar-refractivity contribution in [3.8, 4) is 0 Å². The quantitative estimate of drug-likeness (QED) is 0.839.